The summed E-state index contributed by atoms with van der Waals surface area (Å²) >= 11 is 0. The molecule has 0 aliphatic carbocycles. The van der Waals surface area contributed by atoms with Crippen molar-refractivity contribution >= 4 is 35.4 Å². The zero-order valence-corrected chi connectivity index (χ0v) is 17.2. The number of aromatic nitrogens is 3. The number of ether oxygens (including phenoxy) is 1. The summed E-state index contributed by atoms with van der Waals surface area (Å²) in [7, 11) is 1.61. The maximum atomic E-state index is 9.87. The van der Waals surface area contributed by atoms with Gasteiger partial charge in [-0.25, -0.2) is 5.43 Å². The van der Waals surface area contributed by atoms with Gasteiger partial charge < -0.3 is 20.5 Å². The molecule has 0 aliphatic heterocycles. The number of phenolic OH excluding ortho intramolecular Hbond substituents is 1. The monoisotopic (exact) mass is 427 g/mol. The van der Waals surface area contributed by atoms with Gasteiger partial charge in [0.05, 0.1) is 13.3 Å². The van der Waals surface area contributed by atoms with Crippen LogP contribution in [0.15, 0.2) is 84.0 Å². The molecule has 9 heteroatoms. The molecule has 0 radical (unpaired) electrons. The summed E-state index contributed by atoms with van der Waals surface area (Å²) in [5.41, 5.74) is 4.97. The van der Waals surface area contributed by atoms with Crippen LogP contribution in [0.2, 0.25) is 0 Å². The number of aromatic hydroxyl groups is 1. The van der Waals surface area contributed by atoms with Crippen LogP contribution < -0.4 is 20.8 Å². The van der Waals surface area contributed by atoms with Crippen molar-refractivity contribution in [2.45, 2.75) is 0 Å². The second kappa shape index (κ2) is 9.90. The highest BCUT2D eigenvalue weighted by Gasteiger charge is 2.08. The molecule has 160 valence electrons. The molecule has 0 spiro atoms. The number of benzene rings is 3. The van der Waals surface area contributed by atoms with Gasteiger partial charge in [-0.05, 0) is 48.5 Å². The molecule has 9 nitrogen and oxygen atoms in total. The molecule has 32 heavy (non-hydrogen) atoms. The second-order valence-electron chi connectivity index (χ2n) is 6.58. The zero-order chi connectivity index (χ0) is 22.2. The van der Waals surface area contributed by atoms with Crippen LogP contribution in [0.25, 0.3) is 0 Å². The average molecular weight is 427 g/mol. The normalized spacial score (nSPS) is 10.7. The quantitative estimate of drug-likeness (QED) is 0.240. The summed E-state index contributed by atoms with van der Waals surface area (Å²) in [5.74, 6) is 1.76. The van der Waals surface area contributed by atoms with E-state index in [2.05, 4.69) is 36.1 Å². The van der Waals surface area contributed by atoms with Crippen molar-refractivity contribution in [1.29, 1.82) is 0 Å². The van der Waals surface area contributed by atoms with Crippen LogP contribution in [0.1, 0.15) is 5.56 Å². The van der Waals surface area contributed by atoms with Gasteiger partial charge in [-0.3, -0.25) is 0 Å². The Hall–Kier alpha value is -4.66. The van der Waals surface area contributed by atoms with Crippen molar-refractivity contribution < 1.29 is 9.84 Å². The summed E-state index contributed by atoms with van der Waals surface area (Å²) in [4.78, 5) is 13.2. The van der Waals surface area contributed by atoms with E-state index in [-0.39, 0.29) is 11.7 Å². The van der Waals surface area contributed by atoms with Gasteiger partial charge in [-0.2, -0.15) is 20.1 Å². The van der Waals surface area contributed by atoms with Crippen molar-refractivity contribution in [3.63, 3.8) is 0 Å². The molecule has 0 fully saturated rings. The predicted octanol–water partition coefficient (Wildman–Crippen LogP) is 4.52. The average Bonchev–Trinajstić information content (AvgIpc) is 2.81. The van der Waals surface area contributed by atoms with Crippen LogP contribution in [0, 0.1) is 0 Å². The van der Waals surface area contributed by atoms with Gasteiger partial charge in [0.1, 0.15) is 11.5 Å². The van der Waals surface area contributed by atoms with Crippen molar-refractivity contribution in [3.05, 3.63) is 84.4 Å². The number of anilines is 5. The van der Waals surface area contributed by atoms with E-state index in [1.54, 1.807) is 25.3 Å². The highest BCUT2D eigenvalue weighted by Crippen LogP contribution is 2.21. The smallest absolute Gasteiger partial charge is 0.250 e. The van der Waals surface area contributed by atoms with E-state index in [0.717, 1.165) is 17.1 Å². The van der Waals surface area contributed by atoms with Crippen LogP contribution in [0.3, 0.4) is 0 Å². The number of hydrazone groups is 1. The fourth-order valence-electron chi connectivity index (χ4n) is 2.75. The Balaban J connectivity index is 1.58. The maximum Gasteiger partial charge on any atom is 0.250 e. The van der Waals surface area contributed by atoms with E-state index in [1.165, 1.54) is 6.21 Å². The molecule has 0 atom stereocenters. The van der Waals surface area contributed by atoms with Crippen LogP contribution in [0.4, 0.5) is 29.2 Å². The Morgan fingerprint density at radius 2 is 1.34 bits per heavy atom. The summed E-state index contributed by atoms with van der Waals surface area (Å²) in [5, 5.41) is 20.3. The summed E-state index contributed by atoms with van der Waals surface area (Å²) in [6, 6.07) is 23.8. The highest BCUT2D eigenvalue weighted by atomic mass is 16.5. The molecule has 0 bridgehead atoms. The van der Waals surface area contributed by atoms with E-state index in [4.69, 9.17) is 4.74 Å². The maximum absolute atomic E-state index is 9.87. The molecular weight excluding hydrogens is 406 g/mol. The van der Waals surface area contributed by atoms with Gasteiger partial charge in [0, 0.05) is 16.9 Å². The van der Waals surface area contributed by atoms with Crippen LogP contribution in [-0.4, -0.2) is 33.4 Å². The Labute approximate surface area is 184 Å². The third-order valence-corrected chi connectivity index (χ3v) is 4.32. The third kappa shape index (κ3) is 5.48. The minimum absolute atomic E-state index is 0.127. The fraction of sp³-hybridized carbons (Fsp3) is 0.0435. The lowest BCUT2D eigenvalue weighted by atomic mass is 10.2. The minimum atomic E-state index is 0.127. The summed E-state index contributed by atoms with van der Waals surface area (Å²) < 4.78 is 5.19. The lowest BCUT2D eigenvalue weighted by Crippen LogP contribution is -2.07. The molecule has 4 aromatic rings. The highest BCUT2D eigenvalue weighted by molar-refractivity contribution is 5.83. The van der Waals surface area contributed by atoms with Gasteiger partial charge in [0.2, 0.25) is 17.8 Å². The number of phenols is 1. The Morgan fingerprint density at radius 3 is 2.00 bits per heavy atom. The molecular formula is C23H21N7O2. The first-order valence-corrected chi connectivity index (χ1v) is 9.76. The molecule has 1 heterocycles. The fourth-order valence-corrected chi connectivity index (χ4v) is 2.75. The van der Waals surface area contributed by atoms with Crippen molar-refractivity contribution in [3.8, 4) is 11.5 Å². The Kier molecular flexibility index (Phi) is 6.37. The standard InChI is InChI=1S/C23H21N7O2/c1-32-19-13-11-18(12-14-19)26-22-27-21(25-17-8-3-2-4-9-17)28-23(29-22)30-24-15-16-7-5-6-10-20(16)31/h2-15,31H,1H3,(H3,25,26,27,28,29,30)/b24-15-. The molecule has 4 N–H and O–H groups in total. The molecule has 0 saturated heterocycles. The van der Waals surface area contributed by atoms with Crippen LogP contribution in [0.5, 0.6) is 11.5 Å². The first-order chi connectivity index (χ1) is 15.7. The van der Waals surface area contributed by atoms with Crippen molar-refractivity contribution in [2.75, 3.05) is 23.2 Å². The van der Waals surface area contributed by atoms with Crippen LogP contribution >= 0.6 is 0 Å². The van der Waals surface area contributed by atoms with Gasteiger partial charge in [0.15, 0.2) is 0 Å². The predicted molar refractivity (Wildman–Crippen MR) is 125 cm³/mol. The van der Waals surface area contributed by atoms with Crippen molar-refractivity contribution in [2.24, 2.45) is 5.10 Å². The first-order valence-electron chi connectivity index (χ1n) is 9.76. The summed E-state index contributed by atoms with van der Waals surface area (Å²) in [6.07, 6.45) is 1.49. The Bertz CT molecular complexity index is 1200. The summed E-state index contributed by atoms with van der Waals surface area (Å²) in [6.45, 7) is 0. The number of rotatable bonds is 8. The second-order valence-corrected chi connectivity index (χ2v) is 6.58. The minimum Gasteiger partial charge on any atom is -0.507 e. The largest absolute Gasteiger partial charge is 0.507 e. The molecule has 3 aromatic carbocycles. The van der Waals surface area contributed by atoms with E-state index in [1.807, 2.05) is 60.7 Å². The first kappa shape index (κ1) is 20.6. The van der Waals surface area contributed by atoms with E-state index in [0.29, 0.717) is 17.5 Å². The number of para-hydroxylation sites is 2. The number of hydrogen-bond acceptors (Lipinski definition) is 9. The van der Waals surface area contributed by atoms with Gasteiger partial charge in [0.25, 0.3) is 0 Å². The van der Waals surface area contributed by atoms with E-state index >= 15 is 0 Å². The lowest BCUT2D eigenvalue weighted by molar-refractivity contribution is 0.415. The topological polar surface area (TPSA) is 117 Å². The lowest BCUT2D eigenvalue weighted by Gasteiger charge is -2.10. The van der Waals surface area contributed by atoms with Crippen LogP contribution in [-0.2, 0) is 0 Å². The van der Waals surface area contributed by atoms with E-state index in [9.17, 15) is 5.11 Å². The molecule has 1 aromatic heterocycles. The number of nitrogens with zero attached hydrogens (tertiary/aromatic N) is 4. The van der Waals surface area contributed by atoms with Crippen molar-refractivity contribution in [1.82, 2.24) is 15.0 Å². The molecule has 0 aliphatic rings. The number of methoxy groups -OCH3 is 1. The van der Waals surface area contributed by atoms with E-state index < -0.39 is 0 Å². The third-order valence-electron chi connectivity index (χ3n) is 4.32. The number of nitrogens with one attached hydrogen (secondary N) is 3. The van der Waals surface area contributed by atoms with Gasteiger partial charge >= 0.3 is 0 Å². The SMILES string of the molecule is COc1ccc(Nc2nc(N/N=C\c3ccccc3O)nc(Nc3ccccc3)n2)cc1. The molecule has 0 amide bonds. The zero-order valence-electron chi connectivity index (χ0n) is 17.2. The van der Waals surface area contributed by atoms with Gasteiger partial charge in [-0.1, -0.05) is 30.3 Å². The van der Waals surface area contributed by atoms with Gasteiger partial charge in [-0.15, -0.1) is 0 Å². The number of hydrogen-bond donors (Lipinski definition) is 4. The molecule has 4 rings (SSSR count). The Morgan fingerprint density at radius 1 is 0.750 bits per heavy atom. The molecule has 0 unspecified atom stereocenters. The molecule has 0 saturated carbocycles.